The van der Waals surface area contributed by atoms with Crippen LogP contribution >= 0.6 is 11.6 Å². The third-order valence-electron chi connectivity index (χ3n) is 2.16. The summed E-state index contributed by atoms with van der Waals surface area (Å²) in [6.45, 7) is 0.203. The van der Waals surface area contributed by atoms with Gasteiger partial charge in [-0.2, -0.15) is 13.2 Å². The first kappa shape index (κ1) is 14.8. The summed E-state index contributed by atoms with van der Waals surface area (Å²) in [5.41, 5.74) is 0.339. The van der Waals surface area contributed by atoms with Crippen LogP contribution in [-0.4, -0.2) is 23.6 Å². The second-order valence-corrected chi connectivity index (χ2v) is 4.08. The zero-order chi connectivity index (χ0) is 13.6. The third kappa shape index (κ3) is 5.86. The number of nitrogens with one attached hydrogen (secondary N) is 1. The lowest BCUT2D eigenvalue weighted by Crippen LogP contribution is -2.24. The first-order valence-electron chi connectivity index (χ1n) is 5.35. The van der Waals surface area contributed by atoms with Gasteiger partial charge in [-0.3, -0.25) is 4.79 Å². The Morgan fingerprint density at radius 3 is 2.72 bits per heavy atom. The summed E-state index contributed by atoms with van der Waals surface area (Å²) in [5, 5.41) is 2.71. The van der Waals surface area contributed by atoms with Crippen LogP contribution in [0.5, 0.6) is 0 Å². The minimum atomic E-state index is -4.14. The lowest BCUT2D eigenvalue weighted by molar-refractivity contribution is -0.135. The summed E-state index contributed by atoms with van der Waals surface area (Å²) in [7, 11) is 0. The monoisotopic (exact) mass is 280 g/mol. The molecule has 1 heterocycles. The molecular formula is C11H12ClF3N2O. The molecule has 0 aliphatic carbocycles. The average molecular weight is 281 g/mol. The molecule has 0 atom stereocenters. The van der Waals surface area contributed by atoms with E-state index in [9.17, 15) is 18.0 Å². The van der Waals surface area contributed by atoms with Gasteiger partial charge >= 0.3 is 6.18 Å². The predicted octanol–water partition coefficient (Wildman–Crippen LogP) is 3.20. The molecule has 3 nitrogen and oxygen atoms in total. The summed E-state index contributed by atoms with van der Waals surface area (Å²) < 4.78 is 35.5. The van der Waals surface area contributed by atoms with E-state index in [2.05, 4.69) is 10.3 Å². The zero-order valence-electron chi connectivity index (χ0n) is 9.43. The highest BCUT2D eigenvalue weighted by atomic mass is 35.5. The summed E-state index contributed by atoms with van der Waals surface area (Å²) in [4.78, 5) is 15.3. The molecule has 1 amide bonds. The zero-order valence-corrected chi connectivity index (χ0v) is 10.2. The average Bonchev–Trinajstić information content (AvgIpc) is 2.26. The fourth-order valence-electron chi connectivity index (χ4n) is 1.30. The first-order chi connectivity index (χ1) is 8.38. The highest BCUT2D eigenvalue weighted by Crippen LogP contribution is 2.21. The molecule has 0 aromatic carbocycles. The van der Waals surface area contributed by atoms with Crippen LogP contribution in [0, 0.1) is 0 Å². The van der Waals surface area contributed by atoms with Gasteiger partial charge in [0.2, 0.25) is 0 Å². The Balaban J connectivity index is 2.26. The first-order valence-corrected chi connectivity index (χ1v) is 5.73. The molecule has 0 radical (unpaired) electrons. The van der Waals surface area contributed by atoms with Crippen LogP contribution in [0.2, 0.25) is 5.15 Å². The number of carbonyl (C=O) groups excluding carboxylic acids is 1. The summed E-state index contributed by atoms with van der Waals surface area (Å²) in [6, 6.07) is 2.88. The molecule has 7 heteroatoms. The Hall–Kier alpha value is -1.30. The molecule has 0 saturated carbocycles. The number of aromatic nitrogens is 1. The minimum absolute atomic E-state index is 0.000874. The van der Waals surface area contributed by atoms with Crippen LogP contribution in [0.15, 0.2) is 18.3 Å². The van der Waals surface area contributed by atoms with E-state index in [1.807, 2.05) is 0 Å². The van der Waals surface area contributed by atoms with Crippen LogP contribution < -0.4 is 5.32 Å². The van der Waals surface area contributed by atoms with E-state index in [-0.39, 0.29) is 30.4 Å². The number of unbranched alkanes of at least 4 members (excludes halogenated alkanes) is 1. The molecule has 0 aliphatic heterocycles. The van der Waals surface area contributed by atoms with Crippen molar-refractivity contribution in [3.8, 4) is 0 Å². The Morgan fingerprint density at radius 1 is 1.39 bits per heavy atom. The smallest absolute Gasteiger partial charge is 0.352 e. The van der Waals surface area contributed by atoms with Crippen molar-refractivity contribution in [2.45, 2.75) is 25.4 Å². The maximum Gasteiger partial charge on any atom is 0.389 e. The maximum absolute atomic E-state index is 11.8. The molecule has 0 spiro atoms. The van der Waals surface area contributed by atoms with Gasteiger partial charge in [0, 0.05) is 24.7 Å². The van der Waals surface area contributed by atoms with Crippen molar-refractivity contribution in [2.75, 3.05) is 6.54 Å². The van der Waals surface area contributed by atoms with E-state index in [4.69, 9.17) is 11.6 Å². The molecule has 1 N–H and O–H groups in total. The van der Waals surface area contributed by atoms with Gasteiger partial charge < -0.3 is 5.32 Å². The largest absolute Gasteiger partial charge is 0.389 e. The second kappa shape index (κ2) is 6.58. The molecule has 0 aliphatic rings. The van der Waals surface area contributed by atoms with Gasteiger partial charge in [-0.15, -0.1) is 0 Å². The van der Waals surface area contributed by atoms with Crippen LogP contribution in [0.1, 0.15) is 29.6 Å². The summed E-state index contributed by atoms with van der Waals surface area (Å²) in [6.07, 6.45) is -3.29. The fraction of sp³-hybridized carbons (Fsp3) is 0.455. The van der Waals surface area contributed by atoms with E-state index in [1.54, 1.807) is 0 Å². The highest BCUT2D eigenvalue weighted by molar-refractivity contribution is 6.29. The molecule has 1 rings (SSSR count). The van der Waals surface area contributed by atoms with Crippen molar-refractivity contribution >= 4 is 17.5 Å². The molecule has 0 fully saturated rings. The molecule has 0 saturated heterocycles. The number of hydrogen-bond donors (Lipinski definition) is 1. The standard InChI is InChI=1S/C11H12ClF3N2O/c12-9-7-8(3-6-16-9)10(18)17-5-2-1-4-11(13,14)15/h3,6-7H,1-2,4-5H2,(H,17,18). The fourth-order valence-corrected chi connectivity index (χ4v) is 1.47. The molecule has 1 aromatic rings. The van der Waals surface area contributed by atoms with Gasteiger partial charge in [-0.05, 0) is 25.0 Å². The van der Waals surface area contributed by atoms with Gasteiger partial charge in [0.15, 0.2) is 0 Å². The topological polar surface area (TPSA) is 42.0 Å². The van der Waals surface area contributed by atoms with E-state index >= 15 is 0 Å². The number of pyridine rings is 1. The van der Waals surface area contributed by atoms with E-state index in [0.29, 0.717) is 5.56 Å². The van der Waals surface area contributed by atoms with E-state index in [1.165, 1.54) is 18.3 Å². The molecule has 0 bridgehead atoms. The SMILES string of the molecule is O=C(NCCCCC(F)(F)F)c1ccnc(Cl)c1. The third-order valence-corrected chi connectivity index (χ3v) is 2.37. The van der Waals surface area contributed by atoms with Crippen LogP contribution in [0.3, 0.4) is 0 Å². The van der Waals surface area contributed by atoms with Crippen molar-refractivity contribution in [3.05, 3.63) is 29.0 Å². The highest BCUT2D eigenvalue weighted by Gasteiger charge is 2.25. The molecule has 18 heavy (non-hydrogen) atoms. The Morgan fingerprint density at radius 2 is 2.11 bits per heavy atom. The number of nitrogens with zero attached hydrogens (tertiary/aromatic N) is 1. The maximum atomic E-state index is 11.8. The second-order valence-electron chi connectivity index (χ2n) is 3.70. The van der Waals surface area contributed by atoms with E-state index < -0.39 is 12.6 Å². The lowest BCUT2D eigenvalue weighted by Gasteiger charge is -2.07. The van der Waals surface area contributed by atoms with Crippen LogP contribution in [-0.2, 0) is 0 Å². The van der Waals surface area contributed by atoms with Crippen molar-refractivity contribution in [3.63, 3.8) is 0 Å². The number of halogens is 4. The Kier molecular flexibility index (Phi) is 5.40. The van der Waals surface area contributed by atoms with Gasteiger partial charge in [0.1, 0.15) is 5.15 Å². The van der Waals surface area contributed by atoms with Crippen molar-refractivity contribution in [1.29, 1.82) is 0 Å². The molecule has 1 aromatic heterocycles. The van der Waals surface area contributed by atoms with Crippen LogP contribution in [0.4, 0.5) is 13.2 Å². The quantitative estimate of drug-likeness (QED) is 0.665. The summed E-state index contributed by atoms with van der Waals surface area (Å²) >= 11 is 5.61. The number of carbonyl (C=O) groups is 1. The number of hydrogen-bond acceptors (Lipinski definition) is 2. The van der Waals surface area contributed by atoms with Gasteiger partial charge in [-0.25, -0.2) is 4.98 Å². The predicted molar refractivity (Wildman–Crippen MR) is 61.5 cm³/mol. The number of rotatable bonds is 5. The normalized spacial score (nSPS) is 11.3. The van der Waals surface area contributed by atoms with Gasteiger partial charge in [0.25, 0.3) is 5.91 Å². The molecule has 100 valence electrons. The van der Waals surface area contributed by atoms with Crippen molar-refractivity contribution in [2.24, 2.45) is 0 Å². The minimum Gasteiger partial charge on any atom is -0.352 e. The number of amides is 1. The van der Waals surface area contributed by atoms with Gasteiger partial charge in [0.05, 0.1) is 0 Å². The van der Waals surface area contributed by atoms with Gasteiger partial charge in [-0.1, -0.05) is 11.6 Å². The van der Waals surface area contributed by atoms with E-state index in [0.717, 1.165) is 0 Å². The van der Waals surface area contributed by atoms with Crippen molar-refractivity contribution in [1.82, 2.24) is 10.3 Å². The van der Waals surface area contributed by atoms with Crippen molar-refractivity contribution < 1.29 is 18.0 Å². The number of alkyl halides is 3. The molecule has 0 unspecified atom stereocenters. The van der Waals surface area contributed by atoms with Crippen LogP contribution in [0.25, 0.3) is 0 Å². The Labute approximate surface area is 107 Å². The lowest BCUT2D eigenvalue weighted by atomic mass is 10.2. The molecular weight excluding hydrogens is 269 g/mol. The Bertz CT molecular complexity index is 410. The summed E-state index contributed by atoms with van der Waals surface area (Å²) in [5.74, 6) is -0.369.